The van der Waals surface area contributed by atoms with Gasteiger partial charge in [-0.15, -0.1) is 0 Å². The molecule has 2 aromatic rings. The Labute approximate surface area is 123 Å². The predicted octanol–water partition coefficient (Wildman–Crippen LogP) is 3.33. The number of aromatic nitrogens is 1. The summed E-state index contributed by atoms with van der Waals surface area (Å²) in [5.74, 6) is 0.784. The van der Waals surface area contributed by atoms with Gasteiger partial charge in [0.15, 0.2) is 0 Å². The first-order valence-electron chi connectivity index (χ1n) is 6.75. The molecule has 0 atom stereocenters. The largest absolute Gasteiger partial charge is 0.494 e. The lowest BCUT2D eigenvalue weighted by molar-refractivity contribution is -0.116. The van der Waals surface area contributed by atoms with Crippen molar-refractivity contribution in [1.82, 2.24) is 4.98 Å². The van der Waals surface area contributed by atoms with E-state index in [0.717, 1.165) is 5.56 Å². The number of carbonyl (C=O) groups excluding carboxylic acids is 1. The van der Waals surface area contributed by atoms with Crippen LogP contribution in [0.2, 0.25) is 0 Å². The Balaban J connectivity index is 1.70. The molecule has 0 bridgehead atoms. The number of carbonyl (C=O) groups is 1. The molecule has 0 saturated carbocycles. The van der Waals surface area contributed by atoms with Gasteiger partial charge >= 0.3 is 0 Å². The van der Waals surface area contributed by atoms with Crippen LogP contribution in [0.3, 0.4) is 0 Å². The monoisotopic (exact) mass is 288 g/mol. The van der Waals surface area contributed by atoms with Crippen LogP contribution in [-0.2, 0) is 4.79 Å². The van der Waals surface area contributed by atoms with Crippen molar-refractivity contribution in [3.63, 3.8) is 0 Å². The predicted molar refractivity (Wildman–Crippen MR) is 78.7 cm³/mol. The first kappa shape index (κ1) is 15.0. The first-order chi connectivity index (χ1) is 10.1. The third-order valence-corrected chi connectivity index (χ3v) is 2.90. The molecule has 1 N–H and O–H groups in total. The van der Waals surface area contributed by atoms with Crippen LogP contribution in [0.4, 0.5) is 10.2 Å². The number of hydrogen-bond acceptors (Lipinski definition) is 3. The highest BCUT2D eigenvalue weighted by molar-refractivity contribution is 5.90. The number of ether oxygens (including phenoxy) is 1. The third-order valence-electron chi connectivity index (χ3n) is 2.90. The molecule has 1 aromatic heterocycles. The fourth-order valence-corrected chi connectivity index (χ4v) is 1.76. The second-order valence-corrected chi connectivity index (χ2v) is 4.62. The molecule has 0 unspecified atom stereocenters. The van der Waals surface area contributed by atoms with Gasteiger partial charge in [0.05, 0.1) is 6.61 Å². The summed E-state index contributed by atoms with van der Waals surface area (Å²) in [6.45, 7) is 2.29. The van der Waals surface area contributed by atoms with Gasteiger partial charge in [0.25, 0.3) is 0 Å². The average Bonchev–Trinajstić information content (AvgIpc) is 2.48. The van der Waals surface area contributed by atoms with Gasteiger partial charge in [-0.3, -0.25) is 4.79 Å². The van der Waals surface area contributed by atoms with Crippen LogP contribution in [0.15, 0.2) is 42.6 Å². The summed E-state index contributed by atoms with van der Waals surface area (Å²) in [4.78, 5) is 15.9. The number of nitrogens with one attached hydrogen (secondary N) is 1. The molecule has 110 valence electrons. The van der Waals surface area contributed by atoms with Gasteiger partial charge in [-0.1, -0.05) is 6.07 Å². The van der Waals surface area contributed by atoms with E-state index in [1.165, 1.54) is 12.1 Å². The van der Waals surface area contributed by atoms with E-state index in [2.05, 4.69) is 10.3 Å². The number of nitrogens with zero attached hydrogens (tertiary/aromatic N) is 1. The molecule has 1 amide bonds. The number of anilines is 1. The van der Waals surface area contributed by atoms with Gasteiger partial charge in [0.1, 0.15) is 17.4 Å². The number of halogens is 1. The zero-order valence-corrected chi connectivity index (χ0v) is 11.8. The van der Waals surface area contributed by atoms with Gasteiger partial charge in [-0.05, 0) is 49.2 Å². The highest BCUT2D eigenvalue weighted by Gasteiger charge is 2.05. The Kier molecular flexibility index (Phi) is 5.26. The molecular weight excluding hydrogens is 271 g/mol. The van der Waals surface area contributed by atoms with Crippen molar-refractivity contribution >= 4 is 11.7 Å². The van der Waals surface area contributed by atoms with Crippen LogP contribution >= 0.6 is 0 Å². The lowest BCUT2D eigenvalue weighted by Gasteiger charge is -2.08. The molecule has 4 nitrogen and oxygen atoms in total. The molecule has 2 rings (SSSR count). The highest BCUT2D eigenvalue weighted by Crippen LogP contribution is 2.12. The number of aryl methyl sites for hydroxylation is 1. The standard InChI is InChI=1S/C16H17FN2O2/c1-12-4-2-10-18-16(12)19-15(20)5-3-11-21-14-8-6-13(17)7-9-14/h2,4,6-10H,3,5,11H2,1H3,(H,18,19,20). The van der Waals surface area contributed by atoms with E-state index in [9.17, 15) is 9.18 Å². The lowest BCUT2D eigenvalue weighted by Crippen LogP contribution is -2.14. The zero-order chi connectivity index (χ0) is 15.1. The van der Waals surface area contributed by atoms with Crippen molar-refractivity contribution in [3.05, 3.63) is 54.0 Å². The third kappa shape index (κ3) is 4.87. The quantitative estimate of drug-likeness (QED) is 0.829. The van der Waals surface area contributed by atoms with E-state index >= 15 is 0 Å². The maximum Gasteiger partial charge on any atom is 0.225 e. The molecule has 0 aliphatic rings. The second-order valence-electron chi connectivity index (χ2n) is 4.62. The Morgan fingerprint density at radius 1 is 1.29 bits per heavy atom. The zero-order valence-electron chi connectivity index (χ0n) is 11.8. The van der Waals surface area contributed by atoms with Crippen LogP contribution in [0.25, 0.3) is 0 Å². The molecule has 0 aliphatic heterocycles. The van der Waals surface area contributed by atoms with Crippen molar-refractivity contribution in [2.45, 2.75) is 19.8 Å². The summed E-state index contributed by atoms with van der Waals surface area (Å²) >= 11 is 0. The lowest BCUT2D eigenvalue weighted by atomic mass is 10.2. The molecule has 0 spiro atoms. The summed E-state index contributed by atoms with van der Waals surface area (Å²) in [6.07, 6.45) is 2.56. The maximum atomic E-state index is 12.7. The average molecular weight is 288 g/mol. The number of benzene rings is 1. The van der Waals surface area contributed by atoms with Crippen LogP contribution in [0.1, 0.15) is 18.4 Å². The fourth-order valence-electron chi connectivity index (χ4n) is 1.76. The van der Waals surface area contributed by atoms with Crippen molar-refractivity contribution in [3.8, 4) is 5.75 Å². The smallest absolute Gasteiger partial charge is 0.225 e. The minimum atomic E-state index is -0.299. The van der Waals surface area contributed by atoms with E-state index in [-0.39, 0.29) is 11.7 Å². The van der Waals surface area contributed by atoms with E-state index in [0.29, 0.717) is 31.0 Å². The van der Waals surface area contributed by atoms with E-state index in [4.69, 9.17) is 4.74 Å². The van der Waals surface area contributed by atoms with Crippen molar-refractivity contribution in [2.75, 3.05) is 11.9 Å². The van der Waals surface area contributed by atoms with Crippen molar-refractivity contribution in [1.29, 1.82) is 0 Å². The summed E-state index contributed by atoms with van der Waals surface area (Å²) in [7, 11) is 0. The Morgan fingerprint density at radius 2 is 2.05 bits per heavy atom. The molecule has 0 radical (unpaired) electrons. The number of amides is 1. The summed E-state index contributed by atoms with van der Waals surface area (Å²) < 4.78 is 18.1. The van der Waals surface area contributed by atoms with Crippen molar-refractivity contribution in [2.24, 2.45) is 0 Å². The normalized spacial score (nSPS) is 10.2. The van der Waals surface area contributed by atoms with Gasteiger partial charge < -0.3 is 10.1 Å². The topological polar surface area (TPSA) is 51.2 Å². The first-order valence-corrected chi connectivity index (χ1v) is 6.75. The van der Waals surface area contributed by atoms with Crippen LogP contribution in [0.5, 0.6) is 5.75 Å². The van der Waals surface area contributed by atoms with Gasteiger partial charge in [0, 0.05) is 12.6 Å². The van der Waals surface area contributed by atoms with Crippen LogP contribution in [-0.4, -0.2) is 17.5 Å². The summed E-state index contributed by atoms with van der Waals surface area (Å²) in [5, 5.41) is 2.76. The molecule has 1 aromatic carbocycles. The minimum Gasteiger partial charge on any atom is -0.494 e. The van der Waals surface area contributed by atoms with E-state index < -0.39 is 0 Å². The van der Waals surface area contributed by atoms with E-state index in [1.54, 1.807) is 18.3 Å². The molecule has 21 heavy (non-hydrogen) atoms. The van der Waals surface area contributed by atoms with Crippen LogP contribution in [0, 0.1) is 12.7 Å². The summed E-state index contributed by atoms with van der Waals surface area (Å²) in [5.41, 5.74) is 0.924. The molecule has 1 heterocycles. The Bertz CT molecular complexity index is 599. The van der Waals surface area contributed by atoms with Crippen LogP contribution < -0.4 is 10.1 Å². The van der Waals surface area contributed by atoms with Gasteiger partial charge in [-0.25, -0.2) is 9.37 Å². The van der Waals surface area contributed by atoms with Gasteiger partial charge in [-0.2, -0.15) is 0 Å². The minimum absolute atomic E-state index is 0.0977. The maximum absolute atomic E-state index is 12.7. The fraction of sp³-hybridized carbons (Fsp3) is 0.250. The van der Waals surface area contributed by atoms with E-state index in [1.807, 2.05) is 19.1 Å². The number of rotatable bonds is 6. The molecular formula is C16H17FN2O2. The summed E-state index contributed by atoms with van der Waals surface area (Å²) in [6, 6.07) is 9.51. The molecule has 0 fully saturated rings. The molecule has 0 saturated heterocycles. The van der Waals surface area contributed by atoms with Crippen molar-refractivity contribution < 1.29 is 13.9 Å². The Hall–Kier alpha value is -2.43. The SMILES string of the molecule is Cc1cccnc1NC(=O)CCCOc1ccc(F)cc1. The van der Waals surface area contributed by atoms with Gasteiger partial charge in [0.2, 0.25) is 5.91 Å². The second kappa shape index (κ2) is 7.38. The molecule has 0 aliphatic carbocycles. The highest BCUT2D eigenvalue weighted by atomic mass is 19.1. The number of pyridine rings is 1. The number of hydrogen-bond donors (Lipinski definition) is 1. The molecule has 5 heteroatoms. The Morgan fingerprint density at radius 3 is 2.76 bits per heavy atom.